The topological polar surface area (TPSA) is 51.5 Å². The number of halogens is 3. The molecule has 0 bridgehead atoms. The highest BCUT2D eigenvalue weighted by Gasteiger charge is 2.34. The van der Waals surface area contributed by atoms with Gasteiger partial charge in [0.15, 0.2) is 11.5 Å². The van der Waals surface area contributed by atoms with E-state index in [0.29, 0.717) is 31.1 Å². The lowest BCUT2D eigenvalue weighted by Gasteiger charge is -2.07. The molecule has 2 heterocycles. The van der Waals surface area contributed by atoms with Gasteiger partial charge in [0, 0.05) is 38.2 Å². The Bertz CT molecular complexity index is 582. The molecule has 0 aliphatic carbocycles. The van der Waals surface area contributed by atoms with E-state index in [9.17, 15) is 13.2 Å². The average molecular weight is 302 g/mol. The number of ether oxygens (including phenoxy) is 1. The lowest BCUT2D eigenvalue weighted by atomic mass is 10.3. The number of nitrogens with one attached hydrogen (secondary N) is 1. The van der Waals surface area contributed by atoms with Gasteiger partial charge >= 0.3 is 6.18 Å². The van der Waals surface area contributed by atoms with E-state index in [-0.39, 0.29) is 0 Å². The van der Waals surface area contributed by atoms with Gasteiger partial charge in [-0.25, -0.2) is 9.50 Å². The summed E-state index contributed by atoms with van der Waals surface area (Å²) in [4.78, 5) is 4.06. The van der Waals surface area contributed by atoms with Crippen molar-refractivity contribution in [3.8, 4) is 0 Å². The molecule has 0 atom stereocenters. The molecule has 0 aromatic carbocycles. The van der Waals surface area contributed by atoms with Crippen LogP contribution >= 0.6 is 0 Å². The number of anilines is 1. The third kappa shape index (κ3) is 4.07. The second kappa shape index (κ2) is 6.75. The Morgan fingerprint density at radius 3 is 2.86 bits per heavy atom. The smallest absolute Gasteiger partial charge is 0.381 e. The standard InChI is InChI=1S/C13H17F3N4O/c1-2-7-21-8-3-4-17-12-10-9-11(13(14,15)16)19-20(10)6-5-18-12/h5-6,9H,2-4,7-8H2,1H3,(H,17,18). The summed E-state index contributed by atoms with van der Waals surface area (Å²) in [6.07, 6.45) is 0.0563. The first-order valence-corrected chi connectivity index (χ1v) is 6.75. The van der Waals surface area contributed by atoms with Gasteiger partial charge in [-0.1, -0.05) is 6.92 Å². The molecule has 0 unspecified atom stereocenters. The number of hydrogen-bond donors (Lipinski definition) is 1. The lowest BCUT2D eigenvalue weighted by Crippen LogP contribution is -2.08. The van der Waals surface area contributed by atoms with Gasteiger partial charge in [0.2, 0.25) is 0 Å². The summed E-state index contributed by atoms with van der Waals surface area (Å²) in [5.41, 5.74) is -0.621. The van der Waals surface area contributed by atoms with Crippen LogP contribution in [0.15, 0.2) is 18.5 Å². The Labute approximate surface area is 120 Å². The largest absolute Gasteiger partial charge is 0.435 e. The minimum atomic E-state index is -4.46. The highest BCUT2D eigenvalue weighted by atomic mass is 19.4. The monoisotopic (exact) mass is 302 g/mol. The zero-order valence-corrected chi connectivity index (χ0v) is 11.7. The predicted octanol–water partition coefficient (Wildman–Crippen LogP) is 2.98. The molecule has 2 aromatic rings. The molecule has 0 aliphatic heterocycles. The molecule has 0 saturated heterocycles. The summed E-state index contributed by atoms with van der Waals surface area (Å²) in [6.45, 7) is 3.92. The third-order valence-corrected chi connectivity index (χ3v) is 2.79. The number of alkyl halides is 3. The number of fused-ring (bicyclic) bond motifs is 1. The van der Waals surface area contributed by atoms with E-state index >= 15 is 0 Å². The zero-order valence-electron chi connectivity index (χ0n) is 11.7. The number of aromatic nitrogens is 3. The maximum atomic E-state index is 12.6. The van der Waals surface area contributed by atoms with Crippen LogP contribution in [0.1, 0.15) is 25.5 Å². The van der Waals surface area contributed by atoms with E-state index < -0.39 is 11.9 Å². The van der Waals surface area contributed by atoms with E-state index in [1.54, 1.807) is 0 Å². The average Bonchev–Trinajstić information content (AvgIpc) is 2.87. The lowest BCUT2D eigenvalue weighted by molar-refractivity contribution is -0.141. The van der Waals surface area contributed by atoms with Gasteiger partial charge < -0.3 is 10.1 Å². The first-order valence-electron chi connectivity index (χ1n) is 6.75. The summed E-state index contributed by atoms with van der Waals surface area (Å²) in [5.74, 6) is 0.385. The molecule has 2 rings (SSSR count). The molecule has 0 spiro atoms. The quantitative estimate of drug-likeness (QED) is 0.799. The van der Waals surface area contributed by atoms with Crippen molar-refractivity contribution in [2.45, 2.75) is 25.9 Å². The van der Waals surface area contributed by atoms with Crippen molar-refractivity contribution < 1.29 is 17.9 Å². The predicted molar refractivity (Wildman–Crippen MR) is 72.2 cm³/mol. The van der Waals surface area contributed by atoms with Gasteiger partial charge in [-0.3, -0.25) is 0 Å². The van der Waals surface area contributed by atoms with Crippen LogP contribution < -0.4 is 5.32 Å². The van der Waals surface area contributed by atoms with Crippen LogP contribution in [-0.4, -0.2) is 34.4 Å². The number of rotatable bonds is 7. The van der Waals surface area contributed by atoms with Crippen molar-refractivity contribution in [1.82, 2.24) is 14.6 Å². The first kappa shape index (κ1) is 15.6. The van der Waals surface area contributed by atoms with Crippen molar-refractivity contribution in [3.63, 3.8) is 0 Å². The summed E-state index contributed by atoms with van der Waals surface area (Å²) in [5, 5.41) is 6.51. The van der Waals surface area contributed by atoms with E-state index in [1.165, 1.54) is 16.9 Å². The second-order valence-electron chi connectivity index (χ2n) is 4.53. The van der Waals surface area contributed by atoms with Gasteiger partial charge in [0.1, 0.15) is 5.52 Å². The SMILES string of the molecule is CCCOCCCNc1nccn2nc(C(F)(F)F)cc12. The minimum Gasteiger partial charge on any atom is -0.381 e. The van der Waals surface area contributed by atoms with Gasteiger partial charge in [0.05, 0.1) is 0 Å². The Hall–Kier alpha value is -1.83. The Morgan fingerprint density at radius 1 is 1.33 bits per heavy atom. The molecule has 0 fully saturated rings. The maximum Gasteiger partial charge on any atom is 0.435 e. The van der Waals surface area contributed by atoms with E-state index in [2.05, 4.69) is 15.4 Å². The van der Waals surface area contributed by atoms with Crippen LogP contribution in [-0.2, 0) is 10.9 Å². The molecule has 1 N–H and O–H groups in total. The van der Waals surface area contributed by atoms with Gasteiger partial charge in [-0.2, -0.15) is 18.3 Å². The van der Waals surface area contributed by atoms with Gasteiger partial charge in [0.25, 0.3) is 0 Å². The molecule has 0 amide bonds. The normalized spacial score (nSPS) is 12.0. The number of nitrogens with zero attached hydrogens (tertiary/aromatic N) is 3. The minimum absolute atomic E-state index is 0.305. The van der Waals surface area contributed by atoms with Crippen molar-refractivity contribution in [2.24, 2.45) is 0 Å². The van der Waals surface area contributed by atoms with E-state index in [0.717, 1.165) is 18.9 Å². The fourth-order valence-electron chi connectivity index (χ4n) is 1.82. The molecule has 0 radical (unpaired) electrons. The van der Waals surface area contributed by atoms with Crippen LogP contribution in [0, 0.1) is 0 Å². The second-order valence-corrected chi connectivity index (χ2v) is 4.53. The van der Waals surface area contributed by atoms with Crippen molar-refractivity contribution in [2.75, 3.05) is 25.1 Å². The van der Waals surface area contributed by atoms with Crippen LogP contribution in [0.4, 0.5) is 19.0 Å². The molecule has 21 heavy (non-hydrogen) atoms. The molecule has 0 aliphatic rings. The highest BCUT2D eigenvalue weighted by Crippen LogP contribution is 2.29. The molecule has 116 valence electrons. The number of hydrogen-bond acceptors (Lipinski definition) is 4. The van der Waals surface area contributed by atoms with Crippen molar-refractivity contribution in [3.05, 3.63) is 24.2 Å². The molecule has 2 aromatic heterocycles. The molecule has 8 heteroatoms. The highest BCUT2D eigenvalue weighted by molar-refractivity contribution is 5.67. The van der Waals surface area contributed by atoms with Crippen LogP contribution in [0.2, 0.25) is 0 Å². The van der Waals surface area contributed by atoms with Crippen LogP contribution in [0.25, 0.3) is 5.52 Å². The molecule has 5 nitrogen and oxygen atoms in total. The van der Waals surface area contributed by atoms with Crippen molar-refractivity contribution >= 4 is 11.3 Å². The van der Waals surface area contributed by atoms with Crippen LogP contribution in [0.3, 0.4) is 0 Å². The summed E-state index contributed by atoms with van der Waals surface area (Å²) >= 11 is 0. The third-order valence-electron chi connectivity index (χ3n) is 2.79. The summed E-state index contributed by atoms with van der Waals surface area (Å²) < 4.78 is 44.5. The van der Waals surface area contributed by atoms with E-state index in [1.807, 2.05) is 6.92 Å². The van der Waals surface area contributed by atoms with Crippen LogP contribution in [0.5, 0.6) is 0 Å². The molecular formula is C13H17F3N4O. The molecule has 0 saturated carbocycles. The summed E-state index contributed by atoms with van der Waals surface area (Å²) in [6, 6.07) is 0.989. The molecular weight excluding hydrogens is 285 g/mol. The Balaban J connectivity index is 2.01. The van der Waals surface area contributed by atoms with Gasteiger partial charge in [-0.05, 0) is 12.8 Å². The summed E-state index contributed by atoms with van der Waals surface area (Å²) in [7, 11) is 0. The maximum absolute atomic E-state index is 12.6. The first-order chi connectivity index (χ1) is 10.0. The van der Waals surface area contributed by atoms with E-state index in [4.69, 9.17) is 4.74 Å². The Kier molecular flexibility index (Phi) is 5.00. The van der Waals surface area contributed by atoms with Gasteiger partial charge in [-0.15, -0.1) is 0 Å². The fraction of sp³-hybridized carbons (Fsp3) is 0.538. The Morgan fingerprint density at radius 2 is 2.14 bits per heavy atom. The van der Waals surface area contributed by atoms with Crippen molar-refractivity contribution in [1.29, 1.82) is 0 Å². The zero-order chi connectivity index (χ0) is 15.3. The fourth-order valence-corrected chi connectivity index (χ4v) is 1.82.